The largest absolute Gasteiger partial charge is 0.352 e. The van der Waals surface area contributed by atoms with Gasteiger partial charge in [0.2, 0.25) is 0 Å². The summed E-state index contributed by atoms with van der Waals surface area (Å²) < 4.78 is 12.8. The fourth-order valence-corrected chi connectivity index (χ4v) is 2.22. The molecular weight excluding hydrogens is 307 g/mol. The van der Waals surface area contributed by atoms with Crippen LogP contribution in [0, 0.1) is 5.82 Å². The minimum absolute atomic E-state index is 0.183. The number of amides is 2. The Kier molecular flexibility index (Phi) is 6.49. The topological polar surface area (TPSA) is 58.2 Å². The van der Waals surface area contributed by atoms with Crippen LogP contribution >= 0.6 is 0 Å². The van der Waals surface area contributed by atoms with Gasteiger partial charge in [0.05, 0.1) is 0 Å². The van der Waals surface area contributed by atoms with Gasteiger partial charge >= 0.3 is 0 Å². The summed E-state index contributed by atoms with van der Waals surface area (Å²) in [6, 6.07) is 12.8. The number of carbonyl (C=O) groups excluding carboxylic acids is 2. The van der Waals surface area contributed by atoms with Gasteiger partial charge in [-0.1, -0.05) is 25.1 Å². The van der Waals surface area contributed by atoms with Gasteiger partial charge in [-0.3, -0.25) is 9.59 Å². The molecule has 24 heavy (non-hydrogen) atoms. The van der Waals surface area contributed by atoms with Crippen LogP contribution in [0.25, 0.3) is 0 Å². The maximum Gasteiger partial charge on any atom is 0.251 e. The molecule has 0 unspecified atom stereocenters. The van der Waals surface area contributed by atoms with Crippen molar-refractivity contribution in [2.75, 3.05) is 13.1 Å². The van der Waals surface area contributed by atoms with Crippen molar-refractivity contribution in [3.8, 4) is 0 Å². The van der Waals surface area contributed by atoms with Gasteiger partial charge in [-0.2, -0.15) is 0 Å². The van der Waals surface area contributed by atoms with E-state index in [4.69, 9.17) is 0 Å². The first-order valence-electron chi connectivity index (χ1n) is 8.01. The van der Waals surface area contributed by atoms with Crippen LogP contribution in [-0.4, -0.2) is 24.9 Å². The van der Waals surface area contributed by atoms with Crippen LogP contribution in [0.2, 0.25) is 0 Å². The number of halogens is 1. The Hall–Kier alpha value is -2.69. The summed E-state index contributed by atoms with van der Waals surface area (Å²) in [5.41, 5.74) is 1.86. The number of nitrogens with one attached hydrogen (secondary N) is 2. The smallest absolute Gasteiger partial charge is 0.251 e. The highest BCUT2D eigenvalue weighted by Crippen LogP contribution is 2.06. The average Bonchev–Trinajstić information content (AvgIpc) is 2.61. The zero-order valence-corrected chi connectivity index (χ0v) is 13.6. The lowest BCUT2D eigenvalue weighted by atomic mass is 10.1. The summed E-state index contributed by atoms with van der Waals surface area (Å²) in [7, 11) is 0. The first-order chi connectivity index (χ1) is 11.6. The normalized spacial score (nSPS) is 10.2. The van der Waals surface area contributed by atoms with E-state index in [0.29, 0.717) is 30.6 Å². The summed E-state index contributed by atoms with van der Waals surface area (Å²) in [5, 5.41) is 5.59. The van der Waals surface area contributed by atoms with E-state index in [-0.39, 0.29) is 17.6 Å². The van der Waals surface area contributed by atoms with Gasteiger partial charge in [-0.25, -0.2) is 4.39 Å². The Morgan fingerprint density at radius 1 is 0.917 bits per heavy atom. The van der Waals surface area contributed by atoms with Crippen LogP contribution in [-0.2, 0) is 6.42 Å². The Labute approximate surface area is 141 Å². The van der Waals surface area contributed by atoms with E-state index < -0.39 is 0 Å². The van der Waals surface area contributed by atoms with E-state index in [2.05, 4.69) is 10.6 Å². The van der Waals surface area contributed by atoms with Gasteiger partial charge in [0.1, 0.15) is 5.82 Å². The highest BCUT2D eigenvalue weighted by Gasteiger charge is 2.09. The molecule has 0 spiro atoms. The lowest BCUT2D eigenvalue weighted by Gasteiger charge is -2.08. The van der Waals surface area contributed by atoms with Crippen molar-refractivity contribution < 1.29 is 14.0 Å². The van der Waals surface area contributed by atoms with Crippen LogP contribution in [0.4, 0.5) is 4.39 Å². The molecule has 0 saturated carbocycles. The molecule has 5 heteroatoms. The first-order valence-corrected chi connectivity index (χ1v) is 8.01. The molecule has 126 valence electrons. The van der Waals surface area contributed by atoms with Gasteiger partial charge in [0.15, 0.2) is 0 Å². The van der Waals surface area contributed by atoms with E-state index >= 15 is 0 Å². The monoisotopic (exact) mass is 328 g/mol. The number of rotatable bonds is 7. The fraction of sp³-hybridized carbons (Fsp3) is 0.263. The summed E-state index contributed by atoms with van der Waals surface area (Å²) >= 11 is 0. The highest BCUT2D eigenvalue weighted by molar-refractivity contribution is 5.99. The minimum atomic E-state index is -0.277. The number of benzene rings is 2. The van der Waals surface area contributed by atoms with Crippen LogP contribution in [0.1, 0.15) is 39.6 Å². The van der Waals surface area contributed by atoms with E-state index in [1.807, 2.05) is 6.92 Å². The zero-order valence-electron chi connectivity index (χ0n) is 13.6. The van der Waals surface area contributed by atoms with Crippen LogP contribution in [0.5, 0.6) is 0 Å². The molecule has 0 aliphatic carbocycles. The molecule has 4 nitrogen and oxygen atoms in total. The third-order valence-electron chi connectivity index (χ3n) is 3.53. The Bertz CT molecular complexity index is 699. The molecule has 0 heterocycles. The van der Waals surface area contributed by atoms with Gasteiger partial charge in [0, 0.05) is 24.2 Å². The first kappa shape index (κ1) is 17.7. The van der Waals surface area contributed by atoms with Crippen molar-refractivity contribution in [3.05, 3.63) is 71.0 Å². The molecule has 2 rings (SSSR count). The number of carbonyl (C=O) groups is 2. The molecule has 0 aromatic heterocycles. The second-order valence-corrected chi connectivity index (χ2v) is 5.47. The summed E-state index contributed by atoms with van der Waals surface area (Å²) in [5.74, 6) is -0.694. The molecule has 0 saturated heterocycles. The molecule has 0 atom stereocenters. The maximum atomic E-state index is 12.8. The second kappa shape index (κ2) is 8.82. The molecule has 2 amide bonds. The van der Waals surface area contributed by atoms with Crippen LogP contribution < -0.4 is 10.6 Å². The second-order valence-electron chi connectivity index (χ2n) is 5.47. The molecular formula is C19H21FN2O2. The molecule has 0 fully saturated rings. The van der Waals surface area contributed by atoms with E-state index in [0.717, 1.165) is 12.0 Å². The molecule has 2 N–H and O–H groups in total. The molecule has 2 aromatic carbocycles. The van der Waals surface area contributed by atoms with Gasteiger partial charge < -0.3 is 10.6 Å². The van der Waals surface area contributed by atoms with E-state index in [1.54, 1.807) is 36.4 Å². The van der Waals surface area contributed by atoms with Crippen molar-refractivity contribution >= 4 is 11.8 Å². The summed E-state index contributed by atoms with van der Waals surface area (Å²) in [6.45, 7) is 3.02. The van der Waals surface area contributed by atoms with Gasteiger partial charge in [-0.15, -0.1) is 0 Å². The molecule has 2 aromatic rings. The Morgan fingerprint density at radius 2 is 1.50 bits per heavy atom. The zero-order chi connectivity index (χ0) is 17.4. The van der Waals surface area contributed by atoms with Crippen LogP contribution in [0.3, 0.4) is 0 Å². The number of hydrogen-bond acceptors (Lipinski definition) is 2. The minimum Gasteiger partial charge on any atom is -0.352 e. The van der Waals surface area contributed by atoms with E-state index in [1.165, 1.54) is 12.1 Å². The van der Waals surface area contributed by atoms with E-state index in [9.17, 15) is 14.0 Å². The Balaban J connectivity index is 1.90. The predicted octanol–water partition coefficient (Wildman–Crippen LogP) is 2.94. The predicted molar refractivity (Wildman–Crippen MR) is 91.5 cm³/mol. The third-order valence-corrected chi connectivity index (χ3v) is 3.53. The molecule has 0 aliphatic rings. The molecule has 0 aliphatic heterocycles. The number of hydrogen-bond donors (Lipinski definition) is 2. The van der Waals surface area contributed by atoms with Crippen molar-refractivity contribution in [2.45, 2.75) is 19.8 Å². The van der Waals surface area contributed by atoms with Crippen LogP contribution in [0.15, 0.2) is 48.5 Å². The third kappa shape index (κ3) is 5.19. The van der Waals surface area contributed by atoms with Gasteiger partial charge in [0.25, 0.3) is 11.8 Å². The summed E-state index contributed by atoms with van der Waals surface area (Å²) in [6.07, 6.45) is 1.47. The lowest BCUT2D eigenvalue weighted by molar-refractivity contribution is 0.0953. The quantitative estimate of drug-likeness (QED) is 0.821. The van der Waals surface area contributed by atoms with Crippen molar-refractivity contribution in [3.63, 3.8) is 0 Å². The van der Waals surface area contributed by atoms with Crippen molar-refractivity contribution in [1.82, 2.24) is 10.6 Å². The lowest BCUT2D eigenvalue weighted by Crippen LogP contribution is -2.27. The maximum absolute atomic E-state index is 12.8. The van der Waals surface area contributed by atoms with Crippen molar-refractivity contribution in [1.29, 1.82) is 0 Å². The molecule has 0 bridgehead atoms. The van der Waals surface area contributed by atoms with Crippen molar-refractivity contribution in [2.24, 2.45) is 0 Å². The fourth-order valence-electron chi connectivity index (χ4n) is 2.22. The average molecular weight is 328 g/mol. The Morgan fingerprint density at radius 3 is 2.08 bits per heavy atom. The summed E-state index contributed by atoms with van der Waals surface area (Å²) in [4.78, 5) is 24.1. The highest BCUT2D eigenvalue weighted by atomic mass is 19.1. The SMILES string of the molecule is CCCNC(=O)c1cccc(C(=O)NCCc2ccc(F)cc2)c1. The molecule has 0 radical (unpaired) electrons. The van der Waals surface area contributed by atoms with Gasteiger partial charge in [-0.05, 0) is 48.7 Å². The standard InChI is InChI=1S/C19H21FN2O2/c1-2-11-21-18(23)15-4-3-5-16(13-15)19(24)22-12-10-14-6-8-17(20)9-7-14/h3-9,13H,2,10-12H2,1H3,(H,21,23)(H,22,24).